The molecule has 0 spiro atoms. The van der Waals surface area contributed by atoms with Crippen LogP contribution in [0.15, 0.2) is 206 Å². The quantitative estimate of drug-likeness (QED) is 0.157. The molecule has 5 heteroatoms. The van der Waals surface area contributed by atoms with Crippen LogP contribution < -0.4 is 15.9 Å². The predicted octanol–water partition coefficient (Wildman–Crippen LogP) is 11.5. The predicted molar refractivity (Wildman–Crippen MR) is 231 cm³/mol. The van der Waals surface area contributed by atoms with Crippen molar-refractivity contribution in [1.82, 2.24) is 13.7 Å². The Morgan fingerprint density at radius 2 is 0.564 bits per heavy atom. The molecule has 0 saturated carbocycles. The monoisotopic (exact) mass is 723 g/mol. The van der Waals surface area contributed by atoms with Crippen molar-refractivity contribution in [2.75, 3.05) is 0 Å². The first-order chi connectivity index (χ1) is 27.2. The average Bonchev–Trinajstić information content (AvgIpc) is 3.90. The van der Waals surface area contributed by atoms with Gasteiger partial charge in [-0.1, -0.05) is 133 Å². The molecule has 8 aromatic carbocycles. The van der Waals surface area contributed by atoms with Crippen molar-refractivity contribution in [2.45, 2.75) is 0 Å². The van der Waals surface area contributed by atoms with E-state index < -0.39 is 7.14 Å². The van der Waals surface area contributed by atoms with Crippen LogP contribution in [0.3, 0.4) is 0 Å². The molecule has 0 amide bonds. The lowest BCUT2D eigenvalue weighted by atomic mass is 10.2. The van der Waals surface area contributed by atoms with Crippen LogP contribution in [0.5, 0.6) is 0 Å². The van der Waals surface area contributed by atoms with E-state index in [1.807, 2.05) is 60.7 Å². The van der Waals surface area contributed by atoms with Gasteiger partial charge in [0, 0.05) is 54.5 Å². The first-order valence-corrected chi connectivity index (χ1v) is 20.3. The van der Waals surface area contributed by atoms with Gasteiger partial charge < -0.3 is 18.3 Å². The molecule has 11 rings (SSSR count). The van der Waals surface area contributed by atoms with Gasteiger partial charge in [-0.2, -0.15) is 0 Å². The van der Waals surface area contributed by atoms with E-state index in [2.05, 4.69) is 159 Å². The zero-order valence-corrected chi connectivity index (χ0v) is 30.7. The summed E-state index contributed by atoms with van der Waals surface area (Å²) in [6.07, 6.45) is 0. The van der Waals surface area contributed by atoms with E-state index >= 15 is 4.57 Å². The highest BCUT2D eigenvalue weighted by molar-refractivity contribution is 7.85. The van der Waals surface area contributed by atoms with Crippen molar-refractivity contribution in [1.29, 1.82) is 0 Å². The van der Waals surface area contributed by atoms with Gasteiger partial charge >= 0.3 is 0 Å². The Morgan fingerprint density at radius 1 is 0.273 bits per heavy atom. The molecule has 0 aliphatic heterocycles. The van der Waals surface area contributed by atoms with Crippen molar-refractivity contribution >= 4 is 77.7 Å². The fourth-order valence-electron chi connectivity index (χ4n) is 8.71. The van der Waals surface area contributed by atoms with Gasteiger partial charge in [0.1, 0.15) is 0 Å². The normalized spacial score (nSPS) is 12.1. The molecule has 3 heterocycles. The van der Waals surface area contributed by atoms with E-state index in [1.165, 1.54) is 32.6 Å². The minimum atomic E-state index is -3.11. The topological polar surface area (TPSA) is 31.9 Å². The highest BCUT2D eigenvalue weighted by atomic mass is 31.2. The molecule has 0 fully saturated rings. The average molecular weight is 724 g/mol. The highest BCUT2D eigenvalue weighted by Gasteiger charge is 2.30. The van der Waals surface area contributed by atoms with E-state index in [1.54, 1.807) is 0 Å². The standard InChI is InChI=1S/C50H34N3OP/c54-55(38-15-3-1-4-16-38,39-17-5-2-6-18-39)40-33-31-37(32-34-40)53-48-26-14-10-22-44(48)49-50(53)43-21-9-13-25-47(43)52(49)36-29-27-35(28-30-36)51-45-23-11-7-19-41(45)42-20-8-12-24-46(42)51/h1-34H. The molecule has 3 aromatic heterocycles. The Bertz CT molecular complexity index is 3160. The number of rotatable bonds is 6. The SMILES string of the molecule is O=P(c1ccccc1)(c1ccccc1)c1ccc(-n2c3ccccc3c3c2c2ccccc2n3-c2ccc(-n3c4ccccc4c4ccccc43)cc2)cc1. The molecule has 0 aliphatic rings. The van der Waals surface area contributed by atoms with E-state index in [0.29, 0.717) is 0 Å². The fourth-order valence-corrected chi connectivity index (χ4v) is 11.4. The molecule has 0 bridgehead atoms. The third kappa shape index (κ3) is 4.69. The lowest BCUT2D eigenvalue weighted by Gasteiger charge is -2.20. The number of para-hydroxylation sites is 4. The maximum Gasteiger partial charge on any atom is 0.171 e. The summed E-state index contributed by atoms with van der Waals surface area (Å²) in [5, 5.41) is 7.32. The molecule has 0 N–H and O–H groups in total. The summed E-state index contributed by atoms with van der Waals surface area (Å²) in [6, 6.07) is 71.7. The summed E-state index contributed by atoms with van der Waals surface area (Å²) in [5.41, 5.74) is 10.2. The molecule has 260 valence electrons. The van der Waals surface area contributed by atoms with Gasteiger partial charge in [-0.25, -0.2) is 0 Å². The molecule has 0 radical (unpaired) electrons. The number of fused-ring (bicyclic) bond motifs is 8. The largest absolute Gasteiger partial charge is 0.309 e. The second kappa shape index (κ2) is 12.3. The Hall–Kier alpha value is -6.87. The Morgan fingerprint density at radius 3 is 0.982 bits per heavy atom. The minimum Gasteiger partial charge on any atom is -0.309 e. The number of nitrogens with zero attached hydrogens (tertiary/aromatic N) is 3. The number of hydrogen-bond acceptors (Lipinski definition) is 1. The number of benzene rings is 8. The maximum atomic E-state index is 15.2. The van der Waals surface area contributed by atoms with E-state index in [-0.39, 0.29) is 0 Å². The van der Waals surface area contributed by atoms with E-state index in [9.17, 15) is 0 Å². The maximum absolute atomic E-state index is 15.2. The Balaban J connectivity index is 1.10. The van der Waals surface area contributed by atoms with Crippen LogP contribution in [0.4, 0.5) is 0 Å². The molecule has 0 atom stereocenters. The van der Waals surface area contributed by atoms with Crippen LogP contribution in [-0.4, -0.2) is 13.7 Å². The summed E-state index contributed by atoms with van der Waals surface area (Å²) in [5.74, 6) is 0. The van der Waals surface area contributed by atoms with Crippen LogP contribution in [0, 0.1) is 0 Å². The van der Waals surface area contributed by atoms with Gasteiger partial charge in [-0.3, -0.25) is 0 Å². The van der Waals surface area contributed by atoms with Crippen LogP contribution in [0.1, 0.15) is 0 Å². The van der Waals surface area contributed by atoms with E-state index in [0.717, 1.165) is 55.0 Å². The van der Waals surface area contributed by atoms with Gasteiger partial charge in [-0.15, -0.1) is 0 Å². The second-order valence-corrected chi connectivity index (χ2v) is 16.9. The van der Waals surface area contributed by atoms with Crippen LogP contribution in [0.25, 0.3) is 71.7 Å². The third-order valence-electron chi connectivity index (χ3n) is 11.1. The van der Waals surface area contributed by atoms with Crippen molar-refractivity contribution in [3.05, 3.63) is 206 Å². The second-order valence-electron chi connectivity index (χ2n) is 14.1. The summed E-state index contributed by atoms with van der Waals surface area (Å²) >= 11 is 0. The van der Waals surface area contributed by atoms with E-state index in [4.69, 9.17) is 0 Å². The minimum absolute atomic E-state index is 0.812. The Labute approximate surface area is 318 Å². The van der Waals surface area contributed by atoms with Crippen LogP contribution in [-0.2, 0) is 4.57 Å². The molecule has 55 heavy (non-hydrogen) atoms. The molecular weight excluding hydrogens is 690 g/mol. The van der Waals surface area contributed by atoms with Gasteiger partial charge in [-0.05, 0) is 72.8 Å². The molecular formula is C50H34N3OP. The summed E-state index contributed by atoms with van der Waals surface area (Å²) in [4.78, 5) is 0. The summed E-state index contributed by atoms with van der Waals surface area (Å²) < 4.78 is 22.3. The Kier molecular flexibility index (Phi) is 7.10. The lowest BCUT2D eigenvalue weighted by molar-refractivity contribution is 0.592. The van der Waals surface area contributed by atoms with Crippen LogP contribution in [0.2, 0.25) is 0 Å². The smallest absolute Gasteiger partial charge is 0.171 e. The molecule has 0 aliphatic carbocycles. The highest BCUT2D eigenvalue weighted by Crippen LogP contribution is 2.44. The number of hydrogen-bond donors (Lipinski definition) is 0. The van der Waals surface area contributed by atoms with Gasteiger partial charge in [0.25, 0.3) is 0 Å². The van der Waals surface area contributed by atoms with Gasteiger partial charge in [0.05, 0.1) is 33.1 Å². The first-order valence-electron chi connectivity index (χ1n) is 18.6. The molecule has 0 saturated heterocycles. The van der Waals surface area contributed by atoms with Crippen LogP contribution >= 0.6 is 7.14 Å². The van der Waals surface area contributed by atoms with Crippen molar-refractivity contribution < 1.29 is 4.57 Å². The fraction of sp³-hybridized carbons (Fsp3) is 0. The van der Waals surface area contributed by atoms with Gasteiger partial charge in [0.2, 0.25) is 0 Å². The molecule has 0 unspecified atom stereocenters. The third-order valence-corrected chi connectivity index (χ3v) is 14.2. The molecule has 11 aromatic rings. The lowest BCUT2D eigenvalue weighted by Crippen LogP contribution is -2.24. The zero-order valence-electron chi connectivity index (χ0n) is 29.8. The summed E-state index contributed by atoms with van der Waals surface area (Å²) in [6.45, 7) is 0. The van der Waals surface area contributed by atoms with Crippen molar-refractivity contribution in [3.8, 4) is 17.1 Å². The van der Waals surface area contributed by atoms with Crippen molar-refractivity contribution in [3.63, 3.8) is 0 Å². The first kappa shape index (κ1) is 31.6. The van der Waals surface area contributed by atoms with Gasteiger partial charge in [0.15, 0.2) is 7.14 Å². The summed E-state index contributed by atoms with van der Waals surface area (Å²) in [7, 11) is -3.11. The number of aromatic nitrogens is 3. The van der Waals surface area contributed by atoms with Crippen molar-refractivity contribution in [2.24, 2.45) is 0 Å². The zero-order chi connectivity index (χ0) is 36.5. The molecule has 4 nitrogen and oxygen atoms in total.